The number of nitrogens with zero attached hydrogens (tertiary/aromatic N) is 3. The molecule has 1 fully saturated rings. The number of carbonyl (C=O) groups is 1. The van der Waals surface area contributed by atoms with Crippen LogP contribution in [0.1, 0.15) is 33.2 Å². The van der Waals surface area contributed by atoms with Gasteiger partial charge in [0.1, 0.15) is 0 Å². The summed E-state index contributed by atoms with van der Waals surface area (Å²) in [6, 6.07) is 11.4. The molecule has 7 nitrogen and oxygen atoms in total. The van der Waals surface area contributed by atoms with Crippen molar-refractivity contribution in [1.29, 1.82) is 0 Å². The van der Waals surface area contributed by atoms with Crippen molar-refractivity contribution in [3.8, 4) is 5.75 Å². The van der Waals surface area contributed by atoms with Crippen LogP contribution in [0.3, 0.4) is 0 Å². The molecular formula is C25H21F2N3O4Se. The summed E-state index contributed by atoms with van der Waals surface area (Å²) in [7, 11) is 1.36. The quantitative estimate of drug-likeness (QED) is 0.458. The average Bonchev–Trinajstić information content (AvgIpc) is 3.04. The number of morpholine rings is 1. The van der Waals surface area contributed by atoms with Gasteiger partial charge >= 0.3 is 206 Å². The summed E-state index contributed by atoms with van der Waals surface area (Å²) < 4.78 is 43.3. The van der Waals surface area contributed by atoms with Gasteiger partial charge in [-0.15, -0.1) is 0 Å². The van der Waals surface area contributed by atoms with Crippen molar-refractivity contribution >= 4 is 25.3 Å². The van der Waals surface area contributed by atoms with E-state index in [-0.39, 0.29) is 38.9 Å². The predicted molar refractivity (Wildman–Crippen MR) is 125 cm³/mol. The van der Waals surface area contributed by atoms with Gasteiger partial charge in [0.25, 0.3) is 0 Å². The van der Waals surface area contributed by atoms with Gasteiger partial charge in [0, 0.05) is 0 Å². The second kappa shape index (κ2) is 8.48. The number of halogens is 2. The normalized spacial score (nSPS) is 20.9. The second-order valence-electron chi connectivity index (χ2n) is 8.50. The number of rotatable bonds is 2. The van der Waals surface area contributed by atoms with Gasteiger partial charge in [-0.3, -0.25) is 0 Å². The molecule has 180 valence electrons. The van der Waals surface area contributed by atoms with E-state index < -0.39 is 29.3 Å². The van der Waals surface area contributed by atoms with E-state index in [2.05, 4.69) is 0 Å². The summed E-state index contributed by atoms with van der Waals surface area (Å²) in [5, 5.41) is 2.34. The molecule has 0 N–H and O–H groups in total. The number of hydrogen-bond acceptors (Lipinski definition) is 5. The minimum absolute atomic E-state index is 0.0518. The Bertz CT molecular complexity index is 1410. The van der Waals surface area contributed by atoms with E-state index in [0.717, 1.165) is 16.1 Å². The molecule has 2 aromatic carbocycles. The molecule has 0 radical (unpaired) electrons. The topological polar surface area (TPSA) is 64.0 Å². The third-order valence-electron chi connectivity index (χ3n) is 6.74. The first-order valence-electron chi connectivity index (χ1n) is 11.2. The number of amides is 1. The summed E-state index contributed by atoms with van der Waals surface area (Å²) >= 11 is -0.132. The number of hydrogen-bond donors (Lipinski definition) is 0. The first-order valence-corrected chi connectivity index (χ1v) is 13.2. The summed E-state index contributed by atoms with van der Waals surface area (Å²) in [4.78, 5) is 27.8. The average molecular weight is 544 g/mol. The molecule has 0 saturated carbocycles. The van der Waals surface area contributed by atoms with Gasteiger partial charge in [-0.1, -0.05) is 0 Å². The number of methoxy groups -OCH3 is 1. The zero-order valence-electron chi connectivity index (χ0n) is 18.7. The number of carbonyl (C=O) groups excluding carboxylic acids is 1. The third kappa shape index (κ3) is 3.31. The molecule has 0 unspecified atom stereocenters. The molecule has 35 heavy (non-hydrogen) atoms. The Labute approximate surface area is 206 Å². The molecule has 6 rings (SSSR count). The SMILES string of the molecule is COc1c2n(ccc1=O)N([C@@H]1c3ccccc3[Se]Cc3c1ccc(F)c3F)[C@@H]1COCCN1C2=O. The van der Waals surface area contributed by atoms with Crippen LogP contribution < -0.4 is 19.6 Å². The molecule has 2 atom stereocenters. The van der Waals surface area contributed by atoms with E-state index >= 15 is 4.39 Å². The van der Waals surface area contributed by atoms with Crippen molar-refractivity contribution < 1.29 is 23.0 Å². The van der Waals surface area contributed by atoms with Crippen LogP contribution in [-0.4, -0.2) is 63.5 Å². The van der Waals surface area contributed by atoms with Gasteiger partial charge in [-0.2, -0.15) is 0 Å². The third-order valence-corrected chi connectivity index (χ3v) is 9.08. The number of aromatic nitrogens is 1. The summed E-state index contributed by atoms with van der Waals surface area (Å²) in [5.74, 6) is -2.11. The number of ether oxygens (including phenoxy) is 2. The summed E-state index contributed by atoms with van der Waals surface area (Å²) in [5.41, 5.74) is 1.60. The number of fused-ring (bicyclic) bond motifs is 4. The molecule has 10 heteroatoms. The molecule has 1 saturated heterocycles. The van der Waals surface area contributed by atoms with Crippen molar-refractivity contribution in [1.82, 2.24) is 9.58 Å². The maximum absolute atomic E-state index is 15.1. The van der Waals surface area contributed by atoms with Crippen LogP contribution in [0.5, 0.6) is 5.75 Å². The Kier molecular flexibility index (Phi) is 5.40. The molecule has 0 bridgehead atoms. The van der Waals surface area contributed by atoms with Crippen LogP contribution in [0, 0.1) is 11.6 Å². The zero-order chi connectivity index (χ0) is 24.3. The summed E-state index contributed by atoms with van der Waals surface area (Å²) in [6.07, 6.45) is 1.02. The maximum atomic E-state index is 15.1. The second-order valence-corrected chi connectivity index (χ2v) is 10.6. The van der Waals surface area contributed by atoms with Gasteiger partial charge in [0.05, 0.1) is 0 Å². The van der Waals surface area contributed by atoms with Gasteiger partial charge in [-0.05, 0) is 0 Å². The van der Waals surface area contributed by atoms with Crippen molar-refractivity contribution in [3.05, 3.63) is 92.9 Å². The monoisotopic (exact) mass is 545 g/mol. The van der Waals surface area contributed by atoms with Crippen molar-refractivity contribution in [3.63, 3.8) is 0 Å². The molecule has 4 heterocycles. The van der Waals surface area contributed by atoms with Crippen LogP contribution in [0.4, 0.5) is 8.78 Å². The predicted octanol–water partition coefficient (Wildman–Crippen LogP) is 1.52. The molecular weight excluding hydrogens is 523 g/mol. The standard InChI is InChI=1S/C25H21F2N3O4Se/c1-33-24-18(31)8-9-29-23(24)25(32)28-10-11-34-12-20(28)30(29)22-14-6-7-17(26)21(27)16(14)13-35-19-5-3-2-4-15(19)22/h2-9,20,22H,10-13H2,1H3/t20-,22+/m1/s1. The van der Waals surface area contributed by atoms with E-state index in [0.29, 0.717) is 29.6 Å². The van der Waals surface area contributed by atoms with E-state index in [9.17, 15) is 14.0 Å². The zero-order valence-corrected chi connectivity index (χ0v) is 20.5. The first kappa shape index (κ1) is 22.3. The van der Waals surface area contributed by atoms with Gasteiger partial charge < -0.3 is 0 Å². The van der Waals surface area contributed by atoms with Crippen LogP contribution in [0.2, 0.25) is 0 Å². The molecule has 3 aliphatic heterocycles. The van der Waals surface area contributed by atoms with Gasteiger partial charge in [-0.25, -0.2) is 0 Å². The fourth-order valence-electron chi connectivity index (χ4n) is 5.17. The molecule has 0 spiro atoms. The summed E-state index contributed by atoms with van der Waals surface area (Å²) in [6.45, 7) is 0.911. The van der Waals surface area contributed by atoms with Gasteiger partial charge in [0.2, 0.25) is 0 Å². The van der Waals surface area contributed by atoms with E-state index in [4.69, 9.17) is 9.47 Å². The Hall–Kier alpha value is -3.20. The fraction of sp³-hybridized carbons (Fsp3) is 0.280. The molecule has 1 amide bonds. The van der Waals surface area contributed by atoms with Crippen LogP contribution >= 0.6 is 0 Å². The first-order chi connectivity index (χ1) is 17.0. The fourth-order valence-corrected chi connectivity index (χ4v) is 7.51. The van der Waals surface area contributed by atoms with E-state index in [1.165, 1.54) is 13.2 Å². The molecule has 3 aromatic rings. The van der Waals surface area contributed by atoms with Crippen LogP contribution in [0.15, 0.2) is 53.5 Å². The van der Waals surface area contributed by atoms with Crippen LogP contribution in [0.25, 0.3) is 0 Å². The number of benzene rings is 2. The Balaban J connectivity index is 1.68. The van der Waals surface area contributed by atoms with Gasteiger partial charge in [0.15, 0.2) is 0 Å². The minimum atomic E-state index is -0.883. The molecule has 3 aliphatic rings. The molecule has 1 aromatic heterocycles. The van der Waals surface area contributed by atoms with Crippen molar-refractivity contribution in [2.75, 3.05) is 31.9 Å². The molecule has 0 aliphatic carbocycles. The van der Waals surface area contributed by atoms with E-state index in [1.54, 1.807) is 21.8 Å². The van der Waals surface area contributed by atoms with E-state index in [1.807, 2.05) is 29.3 Å². The van der Waals surface area contributed by atoms with Crippen molar-refractivity contribution in [2.45, 2.75) is 17.5 Å². The Morgan fingerprint density at radius 2 is 1.91 bits per heavy atom. The Morgan fingerprint density at radius 1 is 1.09 bits per heavy atom. The van der Waals surface area contributed by atoms with Crippen LogP contribution in [-0.2, 0) is 10.1 Å². The Morgan fingerprint density at radius 3 is 2.74 bits per heavy atom. The number of pyridine rings is 1. The van der Waals surface area contributed by atoms with Crippen molar-refractivity contribution in [2.24, 2.45) is 0 Å².